The van der Waals surface area contributed by atoms with Gasteiger partial charge >= 0.3 is 0 Å². The van der Waals surface area contributed by atoms with Crippen LogP contribution in [0.4, 0.5) is 5.82 Å². The molecule has 0 saturated heterocycles. The highest BCUT2D eigenvalue weighted by atomic mass is 16.5. The Morgan fingerprint density at radius 2 is 1.75 bits per heavy atom. The summed E-state index contributed by atoms with van der Waals surface area (Å²) >= 11 is 0. The lowest BCUT2D eigenvalue weighted by Gasteiger charge is -2.19. The van der Waals surface area contributed by atoms with Crippen LogP contribution < -0.4 is 10.1 Å². The number of rotatable bonds is 5. The van der Waals surface area contributed by atoms with Crippen LogP contribution in [0.25, 0.3) is 0 Å². The quantitative estimate of drug-likeness (QED) is 0.899. The Morgan fingerprint density at radius 3 is 2.35 bits per heavy atom. The summed E-state index contributed by atoms with van der Waals surface area (Å²) in [4.78, 5) is 8.56. The second-order valence-electron chi connectivity index (χ2n) is 5.02. The number of ether oxygens (including phenoxy) is 1. The molecule has 0 aliphatic carbocycles. The van der Waals surface area contributed by atoms with E-state index in [1.54, 1.807) is 0 Å². The van der Waals surface area contributed by atoms with E-state index < -0.39 is 0 Å². The molecule has 1 aromatic heterocycles. The lowest BCUT2D eigenvalue weighted by Crippen LogP contribution is -2.10. The fourth-order valence-electron chi connectivity index (χ4n) is 2.15. The summed E-state index contributed by atoms with van der Waals surface area (Å²) < 4.78 is 6.04. The van der Waals surface area contributed by atoms with Crippen LogP contribution in [-0.2, 0) is 0 Å². The van der Waals surface area contributed by atoms with Gasteiger partial charge in [0.15, 0.2) is 0 Å². The summed E-state index contributed by atoms with van der Waals surface area (Å²) in [6, 6.07) is 10.1. The Hall–Kier alpha value is -2.10. The molecule has 0 aliphatic rings. The third-order valence-corrected chi connectivity index (χ3v) is 3.22. The van der Waals surface area contributed by atoms with Crippen molar-refractivity contribution in [2.75, 3.05) is 12.4 Å². The van der Waals surface area contributed by atoms with Crippen LogP contribution in [0, 0.1) is 0 Å². The van der Waals surface area contributed by atoms with E-state index in [9.17, 15) is 0 Å². The average Bonchev–Trinajstić information content (AvgIpc) is 2.47. The van der Waals surface area contributed by atoms with E-state index in [0.717, 1.165) is 16.9 Å². The molecule has 0 fully saturated rings. The minimum absolute atomic E-state index is 0.0479. The van der Waals surface area contributed by atoms with Crippen LogP contribution in [0.1, 0.15) is 43.9 Å². The predicted molar refractivity (Wildman–Crippen MR) is 81.2 cm³/mol. The van der Waals surface area contributed by atoms with E-state index in [1.165, 1.54) is 6.33 Å². The van der Waals surface area contributed by atoms with Gasteiger partial charge in [-0.05, 0) is 18.4 Å². The molecule has 4 nitrogen and oxygen atoms in total. The largest absolute Gasteiger partial charge is 0.469 e. The van der Waals surface area contributed by atoms with Gasteiger partial charge in [0.25, 0.3) is 0 Å². The van der Waals surface area contributed by atoms with Crippen LogP contribution in [0.5, 0.6) is 5.88 Å². The Morgan fingerprint density at radius 1 is 1.05 bits per heavy atom. The summed E-state index contributed by atoms with van der Waals surface area (Å²) in [5.74, 6) is 1.76. The molecule has 2 rings (SSSR count). The molecule has 0 amide bonds. The molecular weight excluding hydrogens is 250 g/mol. The van der Waals surface area contributed by atoms with Gasteiger partial charge in [-0.1, -0.05) is 44.2 Å². The lowest BCUT2D eigenvalue weighted by molar-refractivity contribution is 0.214. The van der Waals surface area contributed by atoms with Crippen molar-refractivity contribution in [3.8, 4) is 5.88 Å². The van der Waals surface area contributed by atoms with Gasteiger partial charge < -0.3 is 10.1 Å². The molecule has 0 spiro atoms. The molecule has 0 aliphatic heterocycles. The van der Waals surface area contributed by atoms with Gasteiger partial charge in [-0.25, -0.2) is 9.97 Å². The van der Waals surface area contributed by atoms with E-state index in [1.807, 2.05) is 32.2 Å². The number of aromatic nitrogens is 2. The van der Waals surface area contributed by atoms with Crippen molar-refractivity contribution in [2.45, 2.75) is 32.8 Å². The first kappa shape index (κ1) is 14.3. The highest BCUT2D eigenvalue weighted by molar-refractivity contribution is 5.50. The number of hydrogen-bond acceptors (Lipinski definition) is 4. The highest BCUT2D eigenvalue weighted by Gasteiger charge is 2.18. The number of anilines is 1. The molecule has 20 heavy (non-hydrogen) atoms. The summed E-state index contributed by atoms with van der Waals surface area (Å²) in [6.07, 6.45) is 1.48. The maximum atomic E-state index is 6.04. The van der Waals surface area contributed by atoms with Crippen molar-refractivity contribution in [3.05, 3.63) is 47.8 Å². The molecule has 0 saturated carbocycles. The standard InChI is InChI=1S/C16H21N3O/c1-11(2)14-15(17-4)18-10-19-16(14)20-12(3)13-8-6-5-7-9-13/h5-12H,1-4H3,(H,17,18,19). The Balaban J connectivity index is 2.29. The zero-order chi connectivity index (χ0) is 14.5. The molecule has 1 aromatic carbocycles. The summed E-state index contributed by atoms with van der Waals surface area (Å²) in [6.45, 7) is 6.25. The molecular formula is C16H21N3O. The Labute approximate surface area is 120 Å². The van der Waals surface area contributed by atoms with Crippen LogP contribution in [0.15, 0.2) is 36.7 Å². The third kappa shape index (κ3) is 3.07. The van der Waals surface area contributed by atoms with E-state index in [-0.39, 0.29) is 12.0 Å². The maximum Gasteiger partial charge on any atom is 0.222 e. The lowest BCUT2D eigenvalue weighted by atomic mass is 10.1. The van der Waals surface area contributed by atoms with Crippen LogP contribution in [0.2, 0.25) is 0 Å². The van der Waals surface area contributed by atoms with Gasteiger partial charge in [-0.15, -0.1) is 0 Å². The fourth-order valence-corrected chi connectivity index (χ4v) is 2.15. The minimum Gasteiger partial charge on any atom is -0.469 e. The van der Waals surface area contributed by atoms with Gasteiger partial charge in [0.2, 0.25) is 5.88 Å². The first-order valence-corrected chi connectivity index (χ1v) is 6.87. The minimum atomic E-state index is -0.0479. The zero-order valence-corrected chi connectivity index (χ0v) is 12.4. The SMILES string of the molecule is CNc1ncnc(OC(C)c2ccccc2)c1C(C)C. The highest BCUT2D eigenvalue weighted by Crippen LogP contribution is 2.32. The Bertz CT molecular complexity index is 555. The predicted octanol–water partition coefficient (Wildman–Crippen LogP) is 3.78. The zero-order valence-electron chi connectivity index (χ0n) is 12.4. The Kier molecular flexibility index (Phi) is 4.56. The van der Waals surface area contributed by atoms with E-state index in [2.05, 4.69) is 41.3 Å². The third-order valence-electron chi connectivity index (χ3n) is 3.22. The summed E-state index contributed by atoms with van der Waals surface area (Å²) in [5, 5.41) is 3.10. The second kappa shape index (κ2) is 6.37. The molecule has 0 radical (unpaired) electrons. The molecule has 1 atom stereocenters. The molecule has 1 unspecified atom stereocenters. The topological polar surface area (TPSA) is 47.0 Å². The summed E-state index contributed by atoms with van der Waals surface area (Å²) in [7, 11) is 1.86. The number of hydrogen-bond donors (Lipinski definition) is 1. The van der Waals surface area contributed by atoms with Gasteiger partial charge in [0.05, 0.1) is 5.56 Å². The molecule has 2 aromatic rings. The van der Waals surface area contributed by atoms with Crippen LogP contribution in [-0.4, -0.2) is 17.0 Å². The monoisotopic (exact) mass is 271 g/mol. The van der Waals surface area contributed by atoms with Crippen molar-refractivity contribution in [3.63, 3.8) is 0 Å². The first-order chi connectivity index (χ1) is 9.63. The summed E-state index contributed by atoms with van der Waals surface area (Å²) in [5.41, 5.74) is 2.14. The maximum absolute atomic E-state index is 6.04. The van der Waals surface area contributed by atoms with Gasteiger partial charge in [-0.2, -0.15) is 0 Å². The molecule has 4 heteroatoms. The molecule has 0 bridgehead atoms. The number of benzene rings is 1. The normalized spacial score (nSPS) is 12.2. The number of nitrogens with one attached hydrogen (secondary N) is 1. The van der Waals surface area contributed by atoms with Gasteiger partial charge in [-0.3, -0.25) is 0 Å². The van der Waals surface area contributed by atoms with Crippen molar-refractivity contribution < 1.29 is 4.74 Å². The van der Waals surface area contributed by atoms with Crippen molar-refractivity contribution in [2.24, 2.45) is 0 Å². The number of nitrogens with zero attached hydrogens (tertiary/aromatic N) is 2. The van der Waals surface area contributed by atoms with Gasteiger partial charge in [0, 0.05) is 7.05 Å². The van der Waals surface area contributed by atoms with E-state index in [0.29, 0.717) is 5.88 Å². The molecule has 106 valence electrons. The van der Waals surface area contributed by atoms with Crippen molar-refractivity contribution in [1.29, 1.82) is 0 Å². The smallest absolute Gasteiger partial charge is 0.222 e. The van der Waals surface area contributed by atoms with Gasteiger partial charge in [0.1, 0.15) is 18.2 Å². The fraction of sp³-hybridized carbons (Fsp3) is 0.375. The van der Waals surface area contributed by atoms with Crippen LogP contribution >= 0.6 is 0 Å². The molecule has 1 N–H and O–H groups in total. The average molecular weight is 271 g/mol. The van der Waals surface area contributed by atoms with E-state index in [4.69, 9.17) is 4.74 Å². The van der Waals surface area contributed by atoms with Crippen molar-refractivity contribution >= 4 is 5.82 Å². The van der Waals surface area contributed by atoms with Crippen molar-refractivity contribution in [1.82, 2.24) is 9.97 Å². The van der Waals surface area contributed by atoms with E-state index >= 15 is 0 Å². The second-order valence-corrected chi connectivity index (χ2v) is 5.02. The van der Waals surface area contributed by atoms with Crippen LogP contribution in [0.3, 0.4) is 0 Å². The molecule has 1 heterocycles. The first-order valence-electron chi connectivity index (χ1n) is 6.87.